The van der Waals surface area contributed by atoms with Gasteiger partial charge in [0.1, 0.15) is 23.9 Å². The molecule has 1 saturated heterocycles. The van der Waals surface area contributed by atoms with Crippen LogP contribution in [-0.2, 0) is 22.5 Å². The molecule has 1 aliphatic heterocycles. The summed E-state index contributed by atoms with van der Waals surface area (Å²) in [5, 5.41) is 41.1. The zero-order valence-corrected chi connectivity index (χ0v) is 14.3. The van der Waals surface area contributed by atoms with Crippen LogP contribution < -0.4 is 0 Å². The van der Waals surface area contributed by atoms with E-state index in [-0.39, 0.29) is 13.0 Å². The maximum absolute atomic E-state index is 10.8. The SMILES string of the molecule is OC[C@H]1O[C@H](O)[C@H](O)[C@@](Cc2ccccc2)(OCc2ccccc2)[C@@H]1O. The van der Waals surface area contributed by atoms with Gasteiger partial charge in [0, 0.05) is 6.42 Å². The van der Waals surface area contributed by atoms with Gasteiger partial charge in [-0.15, -0.1) is 0 Å². The molecule has 3 rings (SSSR count). The van der Waals surface area contributed by atoms with Crippen LogP contribution >= 0.6 is 0 Å². The summed E-state index contributed by atoms with van der Waals surface area (Å²) in [7, 11) is 0. The van der Waals surface area contributed by atoms with Gasteiger partial charge in [-0.1, -0.05) is 60.7 Å². The molecule has 5 atom stereocenters. The lowest BCUT2D eigenvalue weighted by molar-refractivity contribution is -0.333. The van der Waals surface area contributed by atoms with Crippen molar-refractivity contribution in [2.24, 2.45) is 0 Å². The van der Waals surface area contributed by atoms with Crippen LogP contribution in [0.15, 0.2) is 60.7 Å². The highest BCUT2D eigenvalue weighted by Gasteiger charge is 2.56. The highest BCUT2D eigenvalue weighted by molar-refractivity contribution is 5.21. The summed E-state index contributed by atoms with van der Waals surface area (Å²) < 4.78 is 11.2. The maximum Gasteiger partial charge on any atom is 0.184 e. The molecule has 0 spiro atoms. The minimum atomic E-state index is -1.57. The average Bonchev–Trinajstić information content (AvgIpc) is 2.68. The molecule has 1 heterocycles. The van der Waals surface area contributed by atoms with E-state index in [1.807, 2.05) is 60.7 Å². The minimum absolute atomic E-state index is 0.132. The Balaban J connectivity index is 1.93. The van der Waals surface area contributed by atoms with Gasteiger partial charge in [-0.25, -0.2) is 0 Å². The van der Waals surface area contributed by atoms with Crippen molar-refractivity contribution in [2.75, 3.05) is 6.61 Å². The van der Waals surface area contributed by atoms with Crippen LogP contribution in [0.25, 0.3) is 0 Å². The van der Waals surface area contributed by atoms with Crippen LogP contribution in [0.5, 0.6) is 0 Å². The average molecular weight is 360 g/mol. The molecule has 0 amide bonds. The standard InChI is InChI=1S/C20H24O6/c21-12-16-17(22)20(18(23)19(24)26-16,11-14-7-3-1-4-8-14)25-13-15-9-5-2-6-10-15/h1-10,16-19,21-24H,11-13H2/t16-,17-,18+,19+,20+/m1/s1. The van der Waals surface area contributed by atoms with E-state index >= 15 is 0 Å². The van der Waals surface area contributed by atoms with Gasteiger partial charge in [-0.05, 0) is 11.1 Å². The third-order valence-electron chi connectivity index (χ3n) is 4.79. The van der Waals surface area contributed by atoms with Gasteiger partial charge in [-0.2, -0.15) is 0 Å². The molecule has 0 radical (unpaired) electrons. The first kappa shape index (κ1) is 19.0. The molecule has 2 aromatic carbocycles. The molecule has 2 aromatic rings. The number of ether oxygens (including phenoxy) is 2. The number of rotatable bonds is 6. The summed E-state index contributed by atoms with van der Waals surface area (Å²) in [6.45, 7) is -0.372. The van der Waals surface area contributed by atoms with Gasteiger partial charge in [0.05, 0.1) is 13.2 Å². The summed E-state index contributed by atoms with van der Waals surface area (Å²) in [4.78, 5) is 0. The number of aliphatic hydroxyl groups excluding tert-OH is 4. The van der Waals surface area contributed by atoms with E-state index in [9.17, 15) is 20.4 Å². The van der Waals surface area contributed by atoms with Crippen LogP contribution in [0.4, 0.5) is 0 Å². The van der Waals surface area contributed by atoms with Crippen molar-refractivity contribution in [1.29, 1.82) is 0 Å². The molecule has 140 valence electrons. The van der Waals surface area contributed by atoms with Crippen molar-refractivity contribution in [3.63, 3.8) is 0 Å². The Morgan fingerprint density at radius 2 is 1.42 bits per heavy atom. The van der Waals surface area contributed by atoms with Crippen molar-refractivity contribution < 1.29 is 29.9 Å². The topological polar surface area (TPSA) is 99.4 Å². The maximum atomic E-state index is 10.8. The zero-order valence-electron chi connectivity index (χ0n) is 14.3. The Labute approximate surface area is 152 Å². The third-order valence-corrected chi connectivity index (χ3v) is 4.79. The first-order valence-electron chi connectivity index (χ1n) is 8.59. The van der Waals surface area contributed by atoms with Crippen molar-refractivity contribution in [1.82, 2.24) is 0 Å². The van der Waals surface area contributed by atoms with Crippen LogP contribution in [0, 0.1) is 0 Å². The fraction of sp³-hybridized carbons (Fsp3) is 0.400. The van der Waals surface area contributed by atoms with Crippen LogP contribution in [-0.4, -0.2) is 57.2 Å². The molecule has 0 saturated carbocycles. The first-order valence-corrected chi connectivity index (χ1v) is 8.59. The Kier molecular flexibility index (Phi) is 6.03. The van der Waals surface area contributed by atoms with E-state index in [4.69, 9.17) is 9.47 Å². The molecular weight excluding hydrogens is 336 g/mol. The molecule has 4 N–H and O–H groups in total. The molecule has 26 heavy (non-hydrogen) atoms. The van der Waals surface area contributed by atoms with E-state index in [2.05, 4.69) is 0 Å². The second-order valence-electron chi connectivity index (χ2n) is 6.53. The summed E-state index contributed by atoms with van der Waals surface area (Å²) in [5.74, 6) is 0. The zero-order chi connectivity index (χ0) is 18.6. The normalized spacial score (nSPS) is 31.7. The predicted octanol–water partition coefficient (Wildman–Crippen LogP) is 0.616. The summed E-state index contributed by atoms with van der Waals surface area (Å²) in [6.07, 6.45) is -5.29. The van der Waals surface area contributed by atoms with Gasteiger partial charge in [0.25, 0.3) is 0 Å². The highest BCUT2D eigenvalue weighted by Crippen LogP contribution is 2.36. The summed E-state index contributed by atoms with van der Waals surface area (Å²) in [6, 6.07) is 18.6. The van der Waals surface area contributed by atoms with Gasteiger partial charge in [0.15, 0.2) is 6.29 Å². The van der Waals surface area contributed by atoms with E-state index in [0.717, 1.165) is 11.1 Å². The number of hydrogen-bond acceptors (Lipinski definition) is 6. The van der Waals surface area contributed by atoms with E-state index < -0.39 is 36.8 Å². The van der Waals surface area contributed by atoms with E-state index in [1.165, 1.54) is 0 Å². The van der Waals surface area contributed by atoms with Crippen molar-refractivity contribution in [2.45, 2.75) is 43.2 Å². The van der Waals surface area contributed by atoms with Crippen LogP contribution in [0.3, 0.4) is 0 Å². The van der Waals surface area contributed by atoms with E-state index in [0.29, 0.717) is 0 Å². The molecule has 1 fully saturated rings. The number of benzene rings is 2. The second-order valence-corrected chi connectivity index (χ2v) is 6.53. The quantitative estimate of drug-likeness (QED) is 0.603. The Morgan fingerprint density at radius 3 is 2.00 bits per heavy atom. The van der Waals surface area contributed by atoms with Crippen molar-refractivity contribution >= 4 is 0 Å². The first-order chi connectivity index (χ1) is 12.6. The molecule has 1 aliphatic rings. The predicted molar refractivity (Wildman–Crippen MR) is 94.1 cm³/mol. The van der Waals surface area contributed by atoms with Gasteiger partial charge >= 0.3 is 0 Å². The molecule has 0 aliphatic carbocycles. The Morgan fingerprint density at radius 1 is 0.846 bits per heavy atom. The molecule has 0 aromatic heterocycles. The fourth-order valence-corrected chi connectivity index (χ4v) is 3.34. The van der Waals surface area contributed by atoms with Gasteiger partial charge < -0.3 is 29.9 Å². The van der Waals surface area contributed by atoms with Gasteiger partial charge in [0.2, 0.25) is 0 Å². The lowest BCUT2D eigenvalue weighted by atomic mass is 9.79. The largest absolute Gasteiger partial charge is 0.394 e. The van der Waals surface area contributed by atoms with Crippen LogP contribution in [0.2, 0.25) is 0 Å². The fourth-order valence-electron chi connectivity index (χ4n) is 3.34. The molecule has 0 unspecified atom stereocenters. The smallest absolute Gasteiger partial charge is 0.184 e. The number of hydrogen-bond donors (Lipinski definition) is 4. The Hall–Kier alpha value is -1.80. The monoisotopic (exact) mass is 360 g/mol. The summed E-state index contributed by atoms with van der Waals surface area (Å²) in [5.41, 5.74) is 0.160. The Bertz CT molecular complexity index is 679. The molecular formula is C20H24O6. The number of aliphatic hydroxyl groups is 4. The molecule has 0 bridgehead atoms. The highest BCUT2D eigenvalue weighted by atomic mass is 16.6. The summed E-state index contributed by atoms with van der Waals surface area (Å²) >= 11 is 0. The lowest BCUT2D eigenvalue weighted by Crippen LogP contribution is -2.69. The lowest BCUT2D eigenvalue weighted by Gasteiger charge is -2.49. The van der Waals surface area contributed by atoms with Crippen LogP contribution in [0.1, 0.15) is 11.1 Å². The minimum Gasteiger partial charge on any atom is -0.394 e. The van der Waals surface area contributed by atoms with E-state index in [1.54, 1.807) is 0 Å². The second kappa shape index (κ2) is 8.26. The molecule has 6 heteroatoms. The third kappa shape index (κ3) is 3.81. The van der Waals surface area contributed by atoms with Gasteiger partial charge in [-0.3, -0.25) is 0 Å². The van der Waals surface area contributed by atoms with Crippen molar-refractivity contribution in [3.8, 4) is 0 Å². The van der Waals surface area contributed by atoms with Crippen molar-refractivity contribution in [3.05, 3.63) is 71.8 Å². The molecule has 6 nitrogen and oxygen atoms in total.